The van der Waals surface area contributed by atoms with Gasteiger partial charge in [-0.3, -0.25) is 4.90 Å². The van der Waals surface area contributed by atoms with Gasteiger partial charge in [-0.25, -0.2) is 0 Å². The fourth-order valence-corrected chi connectivity index (χ4v) is 5.74. The minimum absolute atomic E-state index is 0.174. The van der Waals surface area contributed by atoms with Crippen LogP contribution in [0.1, 0.15) is 72.6 Å². The number of likely N-dealkylation sites (tertiary alicyclic amines) is 1. The summed E-state index contributed by atoms with van der Waals surface area (Å²) in [4.78, 5) is 2.51. The van der Waals surface area contributed by atoms with Crippen LogP contribution in [0.2, 0.25) is 0 Å². The first-order chi connectivity index (χ1) is 10.8. The number of β-amino-alcohol motifs (C(OH)–C–C–N with tert-alkyl or cyclic N) is 1. The highest BCUT2D eigenvalue weighted by Crippen LogP contribution is 2.48. The lowest BCUT2D eigenvalue weighted by atomic mass is 9.79. The van der Waals surface area contributed by atoms with Crippen molar-refractivity contribution in [1.82, 2.24) is 4.90 Å². The Morgan fingerprint density at radius 3 is 2.35 bits per heavy atom. The van der Waals surface area contributed by atoms with Crippen LogP contribution in [0, 0.1) is 17.8 Å². The standard InChI is InChI=1S/C20H37NO2/c1-19(2)8-5-9-20(3,4)21(19)12-18(22)14-23-13-17-11-15-6-7-16(17)10-15/h15-18,22H,5-14H2,1-4H3/t15-,16-,17-,18-/m0/s1. The molecule has 0 aromatic carbocycles. The first-order valence-electron chi connectivity index (χ1n) is 9.81. The van der Waals surface area contributed by atoms with Crippen LogP contribution in [0.4, 0.5) is 0 Å². The summed E-state index contributed by atoms with van der Waals surface area (Å²) in [5, 5.41) is 10.5. The number of aliphatic hydroxyl groups excluding tert-OH is 1. The fraction of sp³-hybridized carbons (Fsp3) is 1.00. The molecule has 3 aliphatic rings. The van der Waals surface area contributed by atoms with Crippen molar-refractivity contribution in [3.63, 3.8) is 0 Å². The normalized spacial score (nSPS) is 37.2. The Hall–Kier alpha value is -0.120. The van der Waals surface area contributed by atoms with E-state index in [4.69, 9.17) is 4.74 Å². The molecule has 1 saturated heterocycles. The molecule has 2 saturated carbocycles. The lowest BCUT2D eigenvalue weighted by Gasteiger charge is -2.53. The van der Waals surface area contributed by atoms with Gasteiger partial charge >= 0.3 is 0 Å². The third-order valence-electron chi connectivity index (χ3n) is 6.96. The average Bonchev–Trinajstić information content (AvgIpc) is 3.05. The number of hydrogen-bond acceptors (Lipinski definition) is 3. The summed E-state index contributed by atoms with van der Waals surface area (Å²) in [5.74, 6) is 2.66. The van der Waals surface area contributed by atoms with E-state index >= 15 is 0 Å². The highest BCUT2D eigenvalue weighted by Gasteiger charge is 2.42. The number of nitrogens with zero attached hydrogens (tertiary/aromatic N) is 1. The molecule has 3 heteroatoms. The second-order valence-electron chi connectivity index (χ2n) is 9.72. The minimum atomic E-state index is -0.370. The third kappa shape index (κ3) is 3.93. The molecule has 1 N–H and O–H groups in total. The van der Waals surface area contributed by atoms with Crippen molar-refractivity contribution in [3.8, 4) is 0 Å². The second-order valence-corrected chi connectivity index (χ2v) is 9.72. The number of ether oxygens (including phenoxy) is 1. The Balaban J connectivity index is 1.44. The molecule has 2 bridgehead atoms. The molecule has 1 heterocycles. The second kappa shape index (κ2) is 6.65. The molecule has 0 aromatic heterocycles. The molecule has 0 aromatic rings. The highest BCUT2D eigenvalue weighted by atomic mass is 16.5. The van der Waals surface area contributed by atoms with E-state index in [1.165, 1.54) is 44.9 Å². The largest absolute Gasteiger partial charge is 0.389 e. The van der Waals surface area contributed by atoms with E-state index in [0.29, 0.717) is 6.61 Å². The van der Waals surface area contributed by atoms with E-state index in [2.05, 4.69) is 32.6 Å². The molecule has 0 radical (unpaired) electrons. The summed E-state index contributed by atoms with van der Waals surface area (Å²) in [6.07, 6.45) is 9.02. The van der Waals surface area contributed by atoms with Crippen LogP contribution in [0.15, 0.2) is 0 Å². The Labute approximate surface area is 142 Å². The quantitative estimate of drug-likeness (QED) is 0.806. The predicted octanol–water partition coefficient (Wildman–Crippen LogP) is 3.84. The maximum Gasteiger partial charge on any atom is 0.0900 e. The van der Waals surface area contributed by atoms with Crippen molar-refractivity contribution in [1.29, 1.82) is 0 Å². The van der Waals surface area contributed by atoms with Crippen LogP contribution in [0.5, 0.6) is 0 Å². The molecule has 23 heavy (non-hydrogen) atoms. The molecule has 0 unspecified atom stereocenters. The van der Waals surface area contributed by atoms with E-state index in [1.807, 2.05) is 0 Å². The van der Waals surface area contributed by atoms with Crippen LogP contribution in [-0.4, -0.2) is 46.9 Å². The zero-order chi connectivity index (χ0) is 16.7. The van der Waals surface area contributed by atoms with Gasteiger partial charge < -0.3 is 9.84 Å². The van der Waals surface area contributed by atoms with E-state index < -0.39 is 0 Å². The van der Waals surface area contributed by atoms with Gasteiger partial charge in [0.2, 0.25) is 0 Å². The zero-order valence-electron chi connectivity index (χ0n) is 15.7. The molecule has 3 rings (SSSR count). The van der Waals surface area contributed by atoms with Crippen LogP contribution in [0.3, 0.4) is 0 Å². The van der Waals surface area contributed by atoms with Gasteiger partial charge in [-0.2, -0.15) is 0 Å². The molecular formula is C20H37NO2. The van der Waals surface area contributed by atoms with Gasteiger partial charge in [-0.15, -0.1) is 0 Å². The lowest BCUT2D eigenvalue weighted by Crippen LogP contribution is -2.60. The molecule has 3 nitrogen and oxygen atoms in total. The van der Waals surface area contributed by atoms with Crippen molar-refractivity contribution >= 4 is 0 Å². The highest BCUT2D eigenvalue weighted by molar-refractivity contribution is 4.97. The third-order valence-corrected chi connectivity index (χ3v) is 6.96. The number of fused-ring (bicyclic) bond motifs is 2. The molecular weight excluding hydrogens is 286 g/mol. The van der Waals surface area contributed by atoms with Crippen LogP contribution < -0.4 is 0 Å². The minimum Gasteiger partial charge on any atom is -0.389 e. The van der Waals surface area contributed by atoms with Crippen molar-refractivity contribution in [2.45, 2.75) is 89.8 Å². The Bertz CT molecular complexity index is 390. The van der Waals surface area contributed by atoms with Crippen LogP contribution in [-0.2, 0) is 4.74 Å². The Morgan fingerprint density at radius 1 is 1.09 bits per heavy atom. The van der Waals surface area contributed by atoms with Crippen LogP contribution in [0.25, 0.3) is 0 Å². The van der Waals surface area contributed by atoms with Crippen molar-refractivity contribution in [2.24, 2.45) is 17.8 Å². The Morgan fingerprint density at radius 2 is 1.78 bits per heavy atom. The summed E-state index contributed by atoms with van der Waals surface area (Å²) in [6, 6.07) is 0. The first kappa shape index (κ1) is 17.7. The monoisotopic (exact) mass is 323 g/mol. The number of aliphatic hydroxyl groups is 1. The SMILES string of the molecule is CC1(C)CCCC(C)(C)N1C[C@H](O)COC[C@@H]1C[C@H]2CC[C@H]1C2. The van der Waals surface area contributed by atoms with Crippen molar-refractivity contribution in [3.05, 3.63) is 0 Å². The topological polar surface area (TPSA) is 32.7 Å². The van der Waals surface area contributed by atoms with Crippen molar-refractivity contribution < 1.29 is 9.84 Å². The molecule has 1 aliphatic heterocycles. The zero-order valence-corrected chi connectivity index (χ0v) is 15.7. The fourth-order valence-electron chi connectivity index (χ4n) is 5.74. The molecule has 134 valence electrons. The molecule has 2 aliphatic carbocycles. The van der Waals surface area contributed by atoms with Gasteiger partial charge in [-0.05, 0) is 84.0 Å². The van der Waals surface area contributed by atoms with Gasteiger partial charge in [0.25, 0.3) is 0 Å². The molecule has 0 amide bonds. The average molecular weight is 324 g/mol. The molecule has 4 atom stereocenters. The Kier molecular flexibility index (Phi) is 5.11. The van der Waals surface area contributed by atoms with E-state index in [1.54, 1.807) is 0 Å². The van der Waals surface area contributed by atoms with Gasteiger partial charge in [0.15, 0.2) is 0 Å². The predicted molar refractivity (Wildman–Crippen MR) is 94.5 cm³/mol. The summed E-state index contributed by atoms with van der Waals surface area (Å²) in [6.45, 7) is 11.4. The molecule has 0 spiro atoms. The van der Waals surface area contributed by atoms with Gasteiger partial charge in [0.1, 0.15) is 0 Å². The maximum atomic E-state index is 10.5. The summed E-state index contributed by atoms with van der Waals surface area (Å²) >= 11 is 0. The van der Waals surface area contributed by atoms with E-state index in [0.717, 1.165) is 30.9 Å². The molecule has 3 fully saturated rings. The van der Waals surface area contributed by atoms with Gasteiger partial charge in [0.05, 0.1) is 12.7 Å². The number of rotatable bonds is 6. The van der Waals surface area contributed by atoms with Gasteiger partial charge in [-0.1, -0.05) is 6.42 Å². The van der Waals surface area contributed by atoms with Crippen molar-refractivity contribution in [2.75, 3.05) is 19.8 Å². The lowest BCUT2D eigenvalue weighted by molar-refractivity contribution is -0.0731. The summed E-state index contributed by atoms with van der Waals surface area (Å²) < 4.78 is 5.93. The maximum absolute atomic E-state index is 10.5. The summed E-state index contributed by atoms with van der Waals surface area (Å²) in [5.41, 5.74) is 0.348. The van der Waals surface area contributed by atoms with Crippen LogP contribution >= 0.6 is 0 Å². The first-order valence-corrected chi connectivity index (χ1v) is 9.81. The number of hydrogen-bond donors (Lipinski definition) is 1. The van der Waals surface area contributed by atoms with E-state index in [-0.39, 0.29) is 17.2 Å². The smallest absolute Gasteiger partial charge is 0.0900 e. The summed E-state index contributed by atoms with van der Waals surface area (Å²) in [7, 11) is 0. The number of piperidine rings is 1. The van der Waals surface area contributed by atoms with Gasteiger partial charge in [0, 0.05) is 24.2 Å². The van der Waals surface area contributed by atoms with E-state index in [9.17, 15) is 5.11 Å².